The fraction of sp³-hybridized carbons (Fsp3) is 0.700. The van der Waals surface area contributed by atoms with Crippen molar-refractivity contribution in [2.75, 3.05) is 0 Å². The van der Waals surface area contributed by atoms with Crippen molar-refractivity contribution in [3.05, 3.63) is 22.5 Å². The van der Waals surface area contributed by atoms with Crippen LogP contribution in [0.15, 0.2) is 22.5 Å². The summed E-state index contributed by atoms with van der Waals surface area (Å²) in [6.07, 6.45) is 2.48. The van der Waals surface area contributed by atoms with Gasteiger partial charge in [0, 0.05) is 22.1 Å². The quantitative estimate of drug-likeness (QED) is 0.569. The summed E-state index contributed by atoms with van der Waals surface area (Å²) in [5, 5.41) is 21.5. The van der Waals surface area contributed by atoms with Gasteiger partial charge in [-0.3, -0.25) is 9.59 Å². The third-order valence-electron chi connectivity index (χ3n) is 6.63. The molecule has 3 atom stereocenters. The van der Waals surface area contributed by atoms with E-state index in [-0.39, 0.29) is 28.6 Å². The fourth-order valence-corrected chi connectivity index (χ4v) is 5.50. The summed E-state index contributed by atoms with van der Waals surface area (Å²) in [5.41, 5.74) is 0.383. The molecule has 0 amide bonds. The summed E-state index contributed by atoms with van der Waals surface area (Å²) in [6, 6.07) is 0. The van der Waals surface area contributed by atoms with Crippen molar-refractivity contribution >= 4 is 11.6 Å². The minimum atomic E-state index is -0.888. The zero-order valence-electron chi connectivity index (χ0n) is 15.3. The van der Waals surface area contributed by atoms with Gasteiger partial charge in [0.1, 0.15) is 5.76 Å². The molecule has 3 aliphatic carbocycles. The zero-order chi connectivity index (χ0) is 18.0. The van der Waals surface area contributed by atoms with Crippen LogP contribution in [-0.4, -0.2) is 27.9 Å². The molecule has 0 radical (unpaired) electrons. The van der Waals surface area contributed by atoms with Crippen molar-refractivity contribution in [2.45, 2.75) is 66.4 Å². The molecule has 0 spiro atoms. The first-order chi connectivity index (χ1) is 11.0. The third kappa shape index (κ3) is 2.15. The lowest BCUT2D eigenvalue weighted by Gasteiger charge is -2.56. The van der Waals surface area contributed by atoms with Crippen LogP contribution in [0, 0.1) is 22.7 Å². The number of aliphatic hydroxyl groups is 2. The number of fused-ring (bicyclic) bond motifs is 2. The van der Waals surface area contributed by atoms with Gasteiger partial charge >= 0.3 is 0 Å². The fourth-order valence-electron chi connectivity index (χ4n) is 5.50. The van der Waals surface area contributed by atoms with Crippen molar-refractivity contribution < 1.29 is 19.8 Å². The van der Waals surface area contributed by atoms with Crippen molar-refractivity contribution in [3.63, 3.8) is 0 Å². The minimum Gasteiger partial charge on any atom is -0.507 e. The zero-order valence-corrected chi connectivity index (χ0v) is 15.3. The predicted molar refractivity (Wildman–Crippen MR) is 91.4 cm³/mol. The van der Waals surface area contributed by atoms with E-state index < -0.39 is 23.1 Å². The van der Waals surface area contributed by atoms with Gasteiger partial charge in [0.25, 0.3) is 0 Å². The predicted octanol–water partition coefficient (Wildman–Crippen LogP) is 3.50. The number of carbonyl (C=O) groups excluding carboxylic acids is 2. The summed E-state index contributed by atoms with van der Waals surface area (Å²) >= 11 is 0. The SMILES string of the molecule is CC(C)C1=C(O)C2=C(C(=O)C1=O)C1(C)CCCC(C)(C)C1CC2O. The molecule has 2 N–H and O–H groups in total. The second-order valence-electron chi connectivity index (χ2n) is 8.93. The van der Waals surface area contributed by atoms with Crippen LogP contribution in [0.4, 0.5) is 0 Å². The number of allylic oxidation sites excluding steroid dienone is 2. The molecule has 3 unspecified atom stereocenters. The Morgan fingerprint density at radius 2 is 1.71 bits per heavy atom. The van der Waals surface area contributed by atoms with Crippen LogP contribution in [0.1, 0.15) is 60.3 Å². The van der Waals surface area contributed by atoms with E-state index in [2.05, 4.69) is 13.8 Å². The maximum Gasteiger partial charge on any atom is 0.233 e. The van der Waals surface area contributed by atoms with Crippen molar-refractivity contribution in [2.24, 2.45) is 22.7 Å². The smallest absolute Gasteiger partial charge is 0.233 e. The molecule has 0 aromatic heterocycles. The molecule has 0 aromatic rings. The van der Waals surface area contributed by atoms with Crippen molar-refractivity contribution in [1.82, 2.24) is 0 Å². The van der Waals surface area contributed by atoms with E-state index in [1.165, 1.54) is 0 Å². The Hall–Kier alpha value is -1.42. The van der Waals surface area contributed by atoms with Crippen LogP contribution in [0.5, 0.6) is 0 Å². The first kappa shape index (κ1) is 17.4. The Balaban J connectivity index is 2.27. The Kier molecular flexibility index (Phi) is 3.83. The van der Waals surface area contributed by atoms with Gasteiger partial charge in [0.2, 0.25) is 11.6 Å². The van der Waals surface area contributed by atoms with Crippen LogP contribution < -0.4 is 0 Å². The molecule has 0 aliphatic heterocycles. The Bertz CT molecular complexity index is 680. The number of rotatable bonds is 1. The highest BCUT2D eigenvalue weighted by molar-refractivity contribution is 6.50. The van der Waals surface area contributed by atoms with E-state index in [1.54, 1.807) is 13.8 Å². The van der Waals surface area contributed by atoms with Crippen LogP contribution >= 0.6 is 0 Å². The van der Waals surface area contributed by atoms with Crippen molar-refractivity contribution in [1.29, 1.82) is 0 Å². The molecule has 4 heteroatoms. The molecule has 0 heterocycles. The molecular weight excluding hydrogens is 304 g/mol. The molecule has 0 bridgehead atoms. The number of aliphatic hydroxyl groups excluding tert-OH is 2. The normalized spacial score (nSPS) is 36.1. The molecule has 132 valence electrons. The number of hydrogen-bond donors (Lipinski definition) is 2. The van der Waals surface area contributed by atoms with E-state index >= 15 is 0 Å². The second kappa shape index (κ2) is 5.29. The van der Waals surface area contributed by atoms with Gasteiger partial charge in [-0.15, -0.1) is 0 Å². The van der Waals surface area contributed by atoms with Crippen LogP contribution in [0.2, 0.25) is 0 Å². The van der Waals surface area contributed by atoms with Crippen molar-refractivity contribution in [3.8, 4) is 0 Å². The number of ketones is 2. The summed E-state index contributed by atoms with van der Waals surface area (Å²) in [4.78, 5) is 25.6. The van der Waals surface area contributed by atoms with E-state index in [4.69, 9.17) is 0 Å². The highest BCUT2D eigenvalue weighted by Gasteiger charge is 2.57. The molecule has 0 aromatic carbocycles. The maximum absolute atomic E-state index is 13.0. The van der Waals surface area contributed by atoms with Crippen LogP contribution in [0.3, 0.4) is 0 Å². The molecule has 3 aliphatic rings. The highest BCUT2D eigenvalue weighted by Crippen LogP contribution is 2.61. The first-order valence-corrected chi connectivity index (χ1v) is 8.97. The van der Waals surface area contributed by atoms with E-state index in [1.807, 2.05) is 6.92 Å². The summed E-state index contributed by atoms with van der Waals surface area (Å²) in [6.45, 7) is 9.96. The van der Waals surface area contributed by atoms with Gasteiger partial charge in [-0.2, -0.15) is 0 Å². The Labute approximate surface area is 143 Å². The lowest BCUT2D eigenvalue weighted by molar-refractivity contribution is -0.135. The number of Topliss-reactive ketones (excluding diaryl/α,β-unsaturated/α-hetero) is 2. The molecule has 1 saturated carbocycles. The molecule has 3 rings (SSSR count). The van der Waals surface area contributed by atoms with E-state index in [0.717, 1.165) is 19.3 Å². The van der Waals surface area contributed by atoms with Gasteiger partial charge in [-0.25, -0.2) is 0 Å². The molecule has 1 fully saturated rings. The largest absolute Gasteiger partial charge is 0.507 e. The van der Waals surface area contributed by atoms with Crippen LogP contribution in [0.25, 0.3) is 0 Å². The number of carbonyl (C=O) groups is 2. The Morgan fingerprint density at radius 1 is 1.08 bits per heavy atom. The van der Waals surface area contributed by atoms with Gasteiger partial charge < -0.3 is 10.2 Å². The van der Waals surface area contributed by atoms with E-state index in [9.17, 15) is 19.8 Å². The maximum atomic E-state index is 13.0. The molecular formula is C20H28O4. The monoisotopic (exact) mass is 332 g/mol. The Morgan fingerprint density at radius 3 is 2.29 bits per heavy atom. The highest BCUT2D eigenvalue weighted by atomic mass is 16.3. The summed E-state index contributed by atoms with van der Waals surface area (Å²) in [7, 11) is 0. The number of hydrogen-bond acceptors (Lipinski definition) is 4. The molecule has 0 saturated heterocycles. The topological polar surface area (TPSA) is 74.6 Å². The lowest BCUT2D eigenvalue weighted by atomic mass is 9.48. The third-order valence-corrected chi connectivity index (χ3v) is 6.63. The average molecular weight is 332 g/mol. The minimum absolute atomic E-state index is 0.00645. The van der Waals surface area contributed by atoms with E-state index in [0.29, 0.717) is 17.6 Å². The van der Waals surface area contributed by atoms with Crippen LogP contribution in [-0.2, 0) is 9.59 Å². The van der Waals surface area contributed by atoms with Gasteiger partial charge in [0.05, 0.1) is 6.10 Å². The average Bonchev–Trinajstić information content (AvgIpc) is 2.45. The summed E-state index contributed by atoms with van der Waals surface area (Å²) < 4.78 is 0. The lowest BCUT2D eigenvalue weighted by Crippen LogP contribution is -2.52. The molecule has 4 nitrogen and oxygen atoms in total. The standard InChI is InChI=1S/C20H28O4/c1-10(2)13-16(22)14-11(21)9-12-19(3,4)7-6-8-20(12,5)15(14)18(24)17(13)23/h10-12,21-22H,6-9H2,1-5H3. The molecule has 24 heavy (non-hydrogen) atoms. The first-order valence-electron chi connectivity index (χ1n) is 8.97. The second-order valence-corrected chi connectivity index (χ2v) is 8.93. The van der Waals surface area contributed by atoms with Gasteiger partial charge in [0.15, 0.2) is 0 Å². The van der Waals surface area contributed by atoms with Gasteiger partial charge in [-0.1, -0.05) is 41.0 Å². The van der Waals surface area contributed by atoms with Gasteiger partial charge in [-0.05, 0) is 36.5 Å². The summed E-state index contributed by atoms with van der Waals surface area (Å²) in [5.74, 6) is -1.40.